The van der Waals surface area contributed by atoms with Gasteiger partial charge in [0.05, 0.1) is 39.5 Å². The number of ether oxygens (including phenoxy) is 3. The van der Waals surface area contributed by atoms with Gasteiger partial charge in [0.15, 0.2) is 16.3 Å². The molecule has 194 valence electrons. The van der Waals surface area contributed by atoms with Crippen LogP contribution in [-0.2, 0) is 14.3 Å². The van der Waals surface area contributed by atoms with E-state index in [0.717, 1.165) is 0 Å². The molecule has 1 N–H and O–H groups in total. The monoisotopic (exact) mass is 606 g/mol. The molecule has 37 heavy (non-hydrogen) atoms. The second-order valence-electron chi connectivity index (χ2n) is 8.04. The first kappa shape index (κ1) is 27.1. The SMILES string of the molecule is CCOc1cc(C=c2sc3n(c2=O)C(c2ccc(Cl)cc2)C(C(=O)OCCOC)=C(C)N=3)cc(Br)c1O. The van der Waals surface area contributed by atoms with Crippen molar-refractivity contribution in [3.63, 3.8) is 0 Å². The maximum atomic E-state index is 13.7. The molecule has 0 bridgehead atoms. The van der Waals surface area contributed by atoms with E-state index >= 15 is 0 Å². The fourth-order valence-corrected chi connectivity index (χ4v) is 5.56. The second-order valence-corrected chi connectivity index (χ2v) is 10.3. The van der Waals surface area contributed by atoms with Gasteiger partial charge in [0.2, 0.25) is 0 Å². The minimum Gasteiger partial charge on any atom is -0.503 e. The second kappa shape index (κ2) is 11.6. The molecule has 1 aromatic heterocycles. The number of fused-ring (bicyclic) bond motifs is 1. The minimum atomic E-state index is -0.753. The molecule has 0 spiro atoms. The number of nitrogens with zero attached hydrogens (tertiary/aromatic N) is 2. The topological polar surface area (TPSA) is 99.4 Å². The molecule has 0 radical (unpaired) electrons. The van der Waals surface area contributed by atoms with Gasteiger partial charge in [-0.2, -0.15) is 0 Å². The molecular weight excluding hydrogens is 584 g/mol. The number of benzene rings is 2. The van der Waals surface area contributed by atoms with E-state index in [2.05, 4.69) is 20.9 Å². The van der Waals surface area contributed by atoms with E-state index in [0.29, 0.717) is 48.0 Å². The third-order valence-electron chi connectivity index (χ3n) is 5.60. The number of methoxy groups -OCH3 is 1. The number of thiazole rings is 1. The Labute approximate surface area is 230 Å². The first-order valence-corrected chi connectivity index (χ1v) is 13.3. The van der Waals surface area contributed by atoms with Crippen molar-refractivity contribution in [3.05, 3.63) is 88.0 Å². The van der Waals surface area contributed by atoms with Crippen molar-refractivity contribution >= 4 is 50.9 Å². The molecule has 3 aromatic rings. The van der Waals surface area contributed by atoms with E-state index < -0.39 is 12.0 Å². The maximum Gasteiger partial charge on any atom is 0.338 e. The number of aromatic hydroxyl groups is 1. The zero-order chi connectivity index (χ0) is 26.7. The van der Waals surface area contributed by atoms with Gasteiger partial charge in [0, 0.05) is 12.1 Å². The summed E-state index contributed by atoms with van der Waals surface area (Å²) in [4.78, 5) is 31.9. The number of hydrogen-bond acceptors (Lipinski definition) is 8. The van der Waals surface area contributed by atoms with Crippen molar-refractivity contribution in [3.8, 4) is 11.5 Å². The van der Waals surface area contributed by atoms with Crippen LogP contribution in [0.2, 0.25) is 5.02 Å². The molecule has 0 amide bonds. The molecule has 2 heterocycles. The zero-order valence-electron chi connectivity index (χ0n) is 20.3. The summed E-state index contributed by atoms with van der Waals surface area (Å²) in [5, 5.41) is 10.8. The average Bonchev–Trinajstić information content (AvgIpc) is 3.16. The Kier molecular flexibility index (Phi) is 8.53. The standard InChI is InChI=1S/C26H24BrClN2O6S/c1-4-35-19-12-15(11-18(27)23(19)31)13-20-24(32)30-22(16-5-7-17(28)8-6-16)21(14(2)29-26(30)37-20)25(33)36-10-9-34-3/h5-8,11-13,22,31H,4,9-10H2,1-3H3. The van der Waals surface area contributed by atoms with Crippen LogP contribution in [0.3, 0.4) is 0 Å². The Bertz CT molecular complexity index is 1540. The van der Waals surface area contributed by atoms with E-state index in [4.69, 9.17) is 25.8 Å². The number of allylic oxidation sites excluding steroid dienone is 1. The predicted molar refractivity (Wildman–Crippen MR) is 145 cm³/mol. The summed E-state index contributed by atoms with van der Waals surface area (Å²) >= 11 is 10.6. The third-order valence-corrected chi connectivity index (χ3v) is 7.44. The summed E-state index contributed by atoms with van der Waals surface area (Å²) in [6, 6.07) is 9.56. The van der Waals surface area contributed by atoms with Gasteiger partial charge in [0.1, 0.15) is 6.61 Å². The molecule has 11 heteroatoms. The molecule has 1 atom stereocenters. The summed E-state index contributed by atoms with van der Waals surface area (Å²) in [5.41, 5.74) is 1.75. The van der Waals surface area contributed by atoms with E-state index in [1.54, 1.807) is 49.4 Å². The number of esters is 1. The van der Waals surface area contributed by atoms with Crippen molar-refractivity contribution < 1.29 is 24.1 Å². The van der Waals surface area contributed by atoms with Crippen LogP contribution in [0.1, 0.15) is 31.0 Å². The van der Waals surface area contributed by atoms with Crippen molar-refractivity contribution in [2.75, 3.05) is 26.9 Å². The van der Waals surface area contributed by atoms with E-state index in [1.807, 2.05) is 6.92 Å². The number of aromatic nitrogens is 1. The van der Waals surface area contributed by atoms with Crippen LogP contribution in [0, 0.1) is 0 Å². The van der Waals surface area contributed by atoms with Crippen molar-refractivity contribution in [1.29, 1.82) is 0 Å². The number of carbonyl (C=O) groups is 1. The van der Waals surface area contributed by atoms with Gasteiger partial charge in [-0.25, -0.2) is 9.79 Å². The molecule has 0 saturated carbocycles. The molecule has 8 nitrogen and oxygen atoms in total. The number of halogens is 2. The van der Waals surface area contributed by atoms with Crippen LogP contribution in [-0.4, -0.2) is 42.6 Å². The highest BCUT2D eigenvalue weighted by Crippen LogP contribution is 2.36. The summed E-state index contributed by atoms with van der Waals surface area (Å²) in [5.74, 6) is -0.293. The largest absolute Gasteiger partial charge is 0.503 e. The van der Waals surface area contributed by atoms with Gasteiger partial charge in [-0.15, -0.1) is 0 Å². The fourth-order valence-electron chi connectivity index (χ4n) is 3.93. The Morgan fingerprint density at radius 3 is 2.68 bits per heavy atom. The van der Waals surface area contributed by atoms with E-state index in [-0.39, 0.29) is 30.1 Å². The zero-order valence-corrected chi connectivity index (χ0v) is 23.4. The van der Waals surface area contributed by atoms with Gasteiger partial charge < -0.3 is 19.3 Å². The van der Waals surface area contributed by atoms with Crippen molar-refractivity contribution in [1.82, 2.24) is 4.57 Å². The average molecular weight is 608 g/mol. The Balaban J connectivity index is 1.88. The lowest BCUT2D eigenvalue weighted by Gasteiger charge is -2.24. The van der Waals surface area contributed by atoms with Crippen molar-refractivity contribution in [2.45, 2.75) is 19.9 Å². The number of phenolic OH excluding ortho intramolecular Hbond substituents is 1. The lowest BCUT2D eigenvalue weighted by Crippen LogP contribution is -2.40. The quantitative estimate of drug-likeness (QED) is 0.308. The van der Waals surface area contributed by atoms with E-state index in [1.165, 1.54) is 23.0 Å². The van der Waals surface area contributed by atoms with Gasteiger partial charge >= 0.3 is 5.97 Å². The van der Waals surface area contributed by atoms with Crippen molar-refractivity contribution in [2.24, 2.45) is 4.99 Å². The summed E-state index contributed by atoms with van der Waals surface area (Å²) in [6.45, 7) is 4.22. The first-order valence-electron chi connectivity index (χ1n) is 11.3. The molecule has 0 fully saturated rings. The van der Waals surface area contributed by atoms with Gasteiger partial charge in [-0.3, -0.25) is 9.36 Å². The lowest BCUT2D eigenvalue weighted by atomic mass is 9.96. The van der Waals surface area contributed by atoms with Crippen LogP contribution >= 0.6 is 38.9 Å². The number of phenols is 1. The minimum absolute atomic E-state index is 0.0181. The fraction of sp³-hybridized carbons (Fsp3) is 0.269. The van der Waals surface area contributed by atoms with Gasteiger partial charge in [-0.1, -0.05) is 35.1 Å². The molecule has 4 rings (SSSR count). The highest BCUT2D eigenvalue weighted by atomic mass is 79.9. The molecule has 0 aliphatic carbocycles. The number of carbonyl (C=O) groups excluding carboxylic acids is 1. The van der Waals surface area contributed by atoms with Crippen LogP contribution in [0.4, 0.5) is 0 Å². The summed E-state index contributed by atoms with van der Waals surface area (Å²) in [7, 11) is 1.52. The van der Waals surface area contributed by atoms with Gasteiger partial charge in [0.25, 0.3) is 5.56 Å². The first-order chi connectivity index (χ1) is 17.7. The molecule has 0 saturated heterocycles. The normalized spacial score (nSPS) is 15.4. The Morgan fingerprint density at radius 2 is 2.00 bits per heavy atom. The van der Waals surface area contributed by atoms with Crippen LogP contribution in [0.15, 0.2) is 61.9 Å². The Morgan fingerprint density at radius 1 is 1.27 bits per heavy atom. The Hall–Kier alpha value is -2.92. The molecule has 2 aromatic carbocycles. The molecule has 1 aliphatic rings. The van der Waals surface area contributed by atoms with E-state index in [9.17, 15) is 14.7 Å². The summed E-state index contributed by atoms with van der Waals surface area (Å²) in [6.07, 6.45) is 1.70. The maximum absolute atomic E-state index is 13.7. The summed E-state index contributed by atoms with van der Waals surface area (Å²) < 4.78 is 18.3. The molecule has 1 aliphatic heterocycles. The van der Waals surface area contributed by atoms with Crippen LogP contribution in [0.25, 0.3) is 6.08 Å². The molecular formula is C26H24BrClN2O6S. The highest BCUT2D eigenvalue weighted by molar-refractivity contribution is 9.10. The van der Waals surface area contributed by atoms with Crippen LogP contribution in [0.5, 0.6) is 11.5 Å². The molecule has 1 unspecified atom stereocenters. The predicted octanol–water partition coefficient (Wildman–Crippen LogP) is 3.95. The van der Waals surface area contributed by atoms with Gasteiger partial charge in [-0.05, 0) is 71.2 Å². The highest BCUT2D eigenvalue weighted by Gasteiger charge is 2.33. The van der Waals surface area contributed by atoms with Crippen LogP contribution < -0.4 is 19.6 Å². The third kappa shape index (κ3) is 5.67. The number of hydrogen-bond donors (Lipinski definition) is 1. The lowest BCUT2D eigenvalue weighted by molar-refractivity contribution is -0.140. The smallest absolute Gasteiger partial charge is 0.338 e. The number of rotatable bonds is 8.